The maximum Gasteiger partial charge on any atom is 0.416 e. The first-order valence-electron chi connectivity index (χ1n) is 7.48. The van der Waals surface area contributed by atoms with Gasteiger partial charge < -0.3 is 9.72 Å². The summed E-state index contributed by atoms with van der Waals surface area (Å²) >= 11 is 11.8. The molecule has 0 saturated heterocycles. The third-order valence-corrected chi connectivity index (χ3v) is 4.37. The molecule has 1 N–H and O–H groups in total. The highest BCUT2D eigenvalue weighted by Crippen LogP contribution is 2.33. The number of hydrogen-bond donors (Lipinski definition) is 1. The molecule has 0 atom stereocenters. The molecule has 0 aliphatic heterocycles. The van der Waals surface area contributed by atoms with Gasteiger partial charge >= 0.3 is 6.18 Å². The van der Waals surface area contributed by atoms with Gasteiger partial charge in [0.2, 0.25) is 0 Å². The molecular formula is C18H12Cl2F3NO2. The van der Waals surface area contributed by atoms with Gasteiger partial charge in [0.05, 0.1) is 16.5 Å². The van der Waals surface area contributed by atoms with Crippen LogP contribution < -0.4 is 4.74 Å². The van der Waals surface area contributed by atoms with E-state index in [-0.39, 0.29) is 18.3 Å². The van der Waals surface area contributed by atoms with E-state index < -0.39 is 11.7 Å². The SMILES string of the molecule is O=C(CCl)c1c[nH]c2cc(Cl)c(OCc3ccc(C(F)(F)F)cc3)cc12. The molecule has 0 amide bonds. The highest BCUT2D eigenvalue weighted by atomic mass is 35.5. The van der Waals surface area contributed by atoms with E-state index in [0.717, 1.165) is 12.1 Å². The number of Topliss-reactive ketones (excluding diaryl/α,β-unsaturated/α-hetero) is 1. The molecule has 0 saturated carbocycles. The number of carbonyl (C=O) groups excluding carboxylic acids is 1. The van der Waals surface area contributed by atoms with E-state index in [4.69, 9.17) is 27.9 Å². The molecule has 1 heterocycles. The zero-order valence-electron chi connectivity index (χ0n) is 13.2. The van der Waals surface area contributed by atoms with Crippen LogP contribution in [0.4, 0.5) is 13.2 Å². The lowest BCUT2D eigenvalue weighted by molar-refractivity contribution is -0.137. The first-order valence-corrected chi connectivity index (χ1v) is 8.39. The Labute approximate surface area is 156 Å². The number of ether oxygens (including phenoxy) is 1. The largest absolute Gasteiger partial charge is 0.487 e. The van der Waals surface area contributed by atoms with E-state index in [1.165, 1.54) is 12.1 Å². The van der Waals surface area contributed by atoms with Gasteiger partial charge in [-0.25, -0.2) is 0 Å². The van der Waals surface area contributed by atoms with E-state index in [1.807, 2.05) is 0 Å². The number of nitrogens with one attached hydrogen (secondary N) is 1. The molecule has 0 spiro atoms. The van der Waals surface area contributed by atoms with Crippen LogP contribution in [-0.4, -0.2) is 16.6 Å². The second-order valence-corrected chi connectivity index (χ2v) is 6.25. The number of alkyl halides is 4. The third-order valence-electron chi connectivity index (χ3n) is 3.83. The summed E-state index contributed by atoms with van der Waals surface area (Å²) in [5.74, 6) is -0.0756. The highest BCUT2D eigenvalue weighted by Gasteiger charge is 2.29. The number of H-pyrrole nitrogens is 1. The summed E-state index contributed by atoms with van der Waals surface area (Å²) in [6, 6.07) is 7.89. The van der Waals surface area contributed by atoms with E-state index in [0.29, 0.717) is 32.8 Å². The number of hydrogen-bond acceptors (Lipinski definition) is 2. The van der Waals surface area contributed by atoms with Crippen LogP contribution >= 0.6 is 23.2 Å². The van der Waals surface area contributed by atoms with Gasteiger partial charge in [-0.1, -0.05) is 23.7 Å². The van der Waals surface area contributed by atoms with Crippen molar-refractivity contribution in [3.05, 3.63) is 64.3 Å². The van der Waals surface area contributed by atoms with Gasteiger partial charge in [0.25, 0.3) is 0 Å². The third kappa shape index (κ3) is 3.81. The van der Waals surface area contributed by atoms with Gasteiger partial charge in [0, 0.05) is 22.7 Å². The van der Waals surface area contributed by atoms with Gasteiger partial charge in [0.1, 0.15) is 12.4 Å². The summed E-state index contributed by atoms with van der Waals surface area (Å²) in [4.78, 5) is 14.8. The molecule has 0 fully saturated rings. The minimum atomic E-state index is -4.38. The number of aromatic nitrogens is 1. The quantitative estimate of drug-likeness (QED) is 0.430. The van der Waals surface area contributed by atoms with Crippen molar-refractivity contribution in [2.45, 2.75) is 12.8 Å². The lowest BCUT2D eigenvalue weighted by Crippen LogP contribution is -2.05. The summed E-state index contributed by atoms with van der Waals surface area (Å²) in [6.07, 6.45) is -2.83. The summed E-state index contributed by atoms with van der Waals surface area (Å²) in [5.41, 5.74) is 0.911. The second-order valence-electron chi connectivity index (χ2n) is 5.57. The maximum absolute atomic E-state index is 12.6. The summed E-state index contributed by atoms with van der Waals surface area (Å²) in [5, 5.41) is 0.929. The van der Waals surface area contributed by atoms with Crippen LogP contribution in [0.2, 0.25) is 5.02 Å². The molecule has 8 heteroatoms. The van der Waals surface area contributed by atoms with Gasteiger partial charge in [-0.15, -0.1) is 11.6 Å². The smallest absolute Gasteiger partial charge is 0.416 e. The Kier molecular flexibility index (Phi) is 5.16. The molecule has 3 aromatic rings. The fourth-order valence-corrected chi connectivity index (χ4v) is 2.85. The summed E-state index contributed by atoms with van der Waals surface area (Å²) < 4.78 is 43.4. The zero-order chi connectivity index (χ0) is 18.9. The zero-order valence-corrected chi connectivity index (χ0v) is 14.7. The molecule has 0 radical (unpaired) electrons. The molecule has 0 bridgehead atoms. The highest BCUT2D eigenvalue weighted by molar-refractivity contribution is 6.34. The lowest BCUT2D eigenvalue weighted by atomic mass is 10.1. The monoisotopic (exact) mass is 401 g/mol. The van der Waals surface area contributed by atoms with Crippen LogP contribution in [0.25, 0.3) is 10.9 Å². The summed E-state index contributed by atoms with van der Waals surface area (Å²) in [7, 11) is 0. The van der Waals surface area contributed by atoms with E-state index >= 15 is 0 Å². The molecule has 1 aromatic heterocycles. The molecule has 26 heavy (non-hydrogen) atoms. The predicted molar refractivity (Wildman–Crippen MR) is 94.1 cm³/mol. The fraction of sp³-hybridized carbons (Fsp3) is 0.167. The Morgan fingerprint density at radius 1 is 1.15 bits per heavy atom. The van der Waals surface area contributed by atoms with Crippen molar-refractivity contribution >= 4 is 39.9 Å². The van der Waals surface area contributed by atoms with Gasteiger partial charge in [-0.05, 0) is 29.8 Å². The molecule has 3 rings (SSSR count). The first-order chi connectivity index (χ1) is 12.3. The molecule has 2 aromatic carbocycles. The number of aromatic amines is 1. The van der Waals surface area contributed by atoms with Crippen molar-refractivity contribution in [1.82, 2.24) is 4.98 Å². The number of rotatable bonds is 5. The fourth-order valence-electron chi connectivity index (χ4n) is 2.49. The van der Waals surface area contributed by atoms with Crippen molar-refractivity contribution in [2.75, 3.05) is 5.88 Å². The Hall–Kier alpha value is -2.18. The normalized spacial score (nSPS) is 11.7. The van der Waals surface area contributed by atoms with Crippen molar-refractivity contribution in [3.63, 3.8) is 0 Å². The average molecular weight is 402 g/mol. The van der Waals surface area contributed by atoms with Gasteiger partial charge in [0.15, 0.2) is 5.78 Å². The Bertz CT molecular complexity index is 949. The average Bonchev–Trinajstić information content (AvgIpc) is 3.01. The van der Waals surface area contributed by atoms with E-state index in [1.54, 1.807) is 18.3 Å². The molecule has 0 aliphatic carbocycles. The predicted octanol–water partition coefficient (Wildman–Crippen LogP) is 5.84. The van der Waals surface area contributed by atoms with Crippen LogP contribution in [0, 0.1) is 0 Å². The molecular weight excluding hydrogens is 390 g/mol. The number of fused-ring (bicyclic) bond motifs is 1. The van der Waals surface area contributed by atoms with Crippen LogP contribution in [0.3, 0.4) is 0 Å². The van der Waals surface area contributed by atoms with Crippen molar-refractivity contribution in [2.24, 2.45) is 0 Å². The number of benzene rings is 2. The molecule has 0 unspecified atom stereocenters. The van der Waals surface area contributed by atoms with Crippen LogP contribution in [0.1, 0.15) is 21.5 Å². The topological polar surface area (TPSA) is 42.1 Å². The number of carbonyl (C=O) groups is 1. The Morgan fingerprint density at radius 3 is 2.46 bits per heavy atom. The number of halogens is 5. The van der Waals surface area contributed by atoms with E-state index in [9.17, 15) is 18.0 Å². The molecule has 3 nitrogen and oxygen atoms in total. The van der Waals surface area contributed by atoms with Crippen LogP contribution in [-0.2, 0) is 12.8 Å². The molecule has 136 valence electrons. The van der Waals surface area contributed by atoms with Crippen molar-refractivity contribution < 1.29 is 22.7 Å². The Balaban J connectivity index is 1.82. The summed E-state index contributed by atoms with van der Waals surface area (Å²) in [6.45, 7) is 0.0343. The van der Waals surface area contributed by atoms with Gasteiger partial charge in [-0.3, -0.25) is 4.79 Å². The van der Waals surface area contributed by atoms with Crippen molar-refractivity contribution in [3.8, 4) is 5.75 Å². The maximum atomic E-state index is 12.6. The lowest BCUT2D eigenvalue weighted by Gasteiger charge is -2.10. The standard InChI is InChI=1S/C18H12Cl2F3NO2/c19-7-16(25)13-8-24-15-6-14(20)17(5-12(13)15)26-9-10-1-3-11(4-2-10)18(21,22)23/h1-6,8,24H,7,9H2. The number of ketones is 1. The first kappa shape index (κ1) is 18.6. The van der Waals surface area contributed by atoms with Gasteiger partial charge in [-0.2, -0.15) is 13.2 Å². The van der Waals surface area contributed by atoms with Crippen LogP contribution in [0.15, 0.2) is 42.6 Å². The minimum Gasteiger partial charge on any atom is -0.487 e. The Morgan fingerprint density at radius 2 is 1.85 bits per heavy atom. The van der Waals surface area contributed by atoms with Crippen LogP contribution in [0.5, 0.6) is 5.75 Å². The second kappa shape index (κ2) is 7.21. The minimum absolute atomic E-state index is 0.0343. The van der Waals surface area contributed by atoms with Crippen molar-refractivity contribution in [1.29, 1.82) is 0 Å². The molecule has 0 aliphatic rings. The van der Waals surface area contributed by atoms with E-state index in [2.05, 4.69) is 4.98 Å².